The van der Waals surface area contributed by atoms with Crippen molar-refractivity contribution in [3.63, 3.8) is 0 Å². The molecule has 0 aliphatic carbocycles. The largest absolute Gasteiger partial charge is 0.294 e. The van der Waals surface area contributed by atoms with Crippen LogP contribution in [0.25, 0.3) is 0 Å². The zero-order valence-corrected chi connectivity index (χ0v) is 14.9. The van der Waals surface area contributed by atoms with Crippen LogP contribution in [0.4, 0.5) is 5.69 Å². The number of rotatable bonds is 5. The molecule has 0 unspecified atom stereocenters. The summed E-state index contributed by atoms with van der Waals surface area (Å²) in [5.41, 5.74) is 1.16. The Morgan fingerprint density at radius 2 is 1.28 bits per heavy atom. The lowest BCUT2D eigenvalue weighted by molar-refractivity contribution is -0.384. The van der Waals surface area contributed by atoms with Crippen LogP contribution in [0.3, 0.4) is 0 Å². The van der Waals surface area contributed by atoms with Gasteiger partial charge in [-0.05, 0) is 0 Å². The molecule has 0 radical (unpaired) electrons. The predicted molar refractivity (Wildman–Crippen MR) is 97.9 cm³/mol. The van der Waals surface area contributed by atoms with Crippen LogP contribution in [0.15, 0.2) is 54.6 Å². The molecule has 2 aromatic carbocycles. The number of Topliss-reactive ketones (excluding diaryl/α,β-unsaturated/α-hetero) is 2. The number of hydrogen-bond donors (Lipinski definition) is 0. The van der Waals surface area contributed by atoms with Crippen molar-refractivity contribution in [2.75, 3.05) is 0 Å². The van der Waals surface area contributed by atoms with Crippen LogP contribution < -0.4 is 0 Å². The van der Waals surface area contributed by atoms with E-state index in [1.807, 2.05) is 44.2 Å². The van der Waals surface area contributed by atoms with Crippen LogP contribution in [-0.2, 0) is 0 Å². The number of nitro groups is 1. The first-order valence-corrected chi connectivity index (χ1v) is 8.12. The monoisotopic (exact) mass is 341 g/mol. The quantitative estimate of drug-likeness (QED) is 0.437. The van der Waals surface area contributed by atoms with Crippen LogP contribution in [0.2, 0.25) is 0 Å². The first-order valence-electron chi connectivity index (χ1n) is 8.12. The Balaban J connectivity index is 0.000000257. The van der Waals surface area contributed by atoms with Crippen LogP contribution in [-0.4, -0.2) is 16.5 Å². The van der Waals surface area contributed by atoms with E-state index in [2.05, 4.69) is 0 Å². The van der Waals surface area contributed by atoms with Crippen LogP contribution in [0.1, 0.15) is 48.4 Å². The maximum absolute atomic E-state index is 11.5. The number of benzene rings is 2. The number of nitro benzene ring substituents is 1. The summed E-state index contributed by atoms with van der Waals surface area (Å²) in [5.74, 6) is 0.0914. The zero-order valence-electron chi connectivity index (χ0n) is 14.9. The number of carbonyl (C=O) groups is 2. The molecule has 2 rings (SSSR count). The molecule has 0 N–H and O–H groups in total. The summed E-state index contributed by atoms with van der Waals surface area (Å²) in [7, 11) is 0. The van der Waals surface area contributed by atoms with Gasteiger partial charge in [-0.15, -0.1) is 0 Å². The van der Waals surface area contributed by atoms with Crippen molar-refractivity contribution in [3.05, 3.63) is 75.8 Å². The summed E-state index contributed by atoms with van der Waals surface area (Å²) < 4.78 is 0. The maximum atomic E-state index is 11.5. The standard InChI is InChI=1S/C10H11NO3.C10H12O/c1-7(2)10(12)8-4-3-5-9(6-8)11(13)14;1-8(2)10(11)9-6-4-3-5-7-9/h3-7H,1-2H3;3-8H,1-2H3. The third kappa shape index (κ3) is 6.30. The van der Waals surface area contributed by atoms with Gasteiger partial charge in [0.15, 0.2) is 11.6 Å². The van der Waals surface area contributed by atoms with Gasteiger partial charge in [0.25, 0.3) is 5.69 Å². The van der Waals surface area contributed by atoms with Gasteiger partial charge in [0.05, 0.1) is 4.92 Å². The Labute approximate surface area is 147 Å². The van der Waals surface area contributed by atoms with Crippen molar-refractivity contribution in [1.82, 2.24) is 0 Å². The van der Waals surface area contributed by atoms with E-state index in [1.54, 1.807) is 19.9 Å². The first-order chi connectivity index (χ1) is 11.7. The zero-order chi connectivity index (χ0) is 19.0. The second kappa shape index (κ2) is 9.47. The molecule has 0 spiro atoms. The van der Waals surface area contributed by atoms with E-state index in [4.69, 9.17) is 0 Å². The molecule has 0 atom stereocenters. The molecule has 5 heteroatoms. The summed E-state index contributed by atoms with van der Waals surface area (Å²) in [6, 6.07) is 15.2. The molecule has 0 saturated heterocycles. The van der Waals surface area contributed by atoms with Crippen molar-refractivity contribution in [2.45, 2.75) is 27.7 Å². The fourth-order valence-electron chi connectivity index (χ4n) is 2.04. The molecule has 25 heavy (non-hydrogen) atoms. The van der Waals surface area contributed by atoms with E-state index in [0.717, 1.165) is 5.56 Å². The molecule has 0 aliphatic rings. The molecule has 0 heterocycles. The lowest BCUT2D eigenvalue weighted by Gasteiger charge is -2.02. The highest BCUT2D eigenvalue weighted by atomic mass is 16.6. The Bertz CT molecular complexity index is 736. The summed E-state index contributed by atoms with van der Waals surface area (Å²) in [5, 5.41) is 10.4. The third-order valence-corrected chi connectivity index (χ3v) is 3.45. The van der Waals surface area contributed by atoms with Gasteiger partial charge in [0, 0.05) is 35.1 Å². The highest BCUT2D eigenvalue weighted by Gasteiger charge is 2.13. The topological polar surface area (TPSA) is 77.3 Å². The molecule has 5 nitrogen and oxygen atoms in total. The van der Waals surface area contributed by atoms with Gasteiger partial charge in [0.1, 0.15) is 0 Å². The van der Waals surface area contributed by atoms with Crippen LogP contribution >= 0.6 is 0 Å². The van der Waals surface area contributed by atoms with E-state index in [-0.39, 0.29) is 29.1 Å². The minimum absolute atomic E-state index is 0.0449. The third-order valence-electron chi connectivity index (χ3n) is 3.45. The summed E-state index contributed by atoms with van der Waals surface area (Å²) in [6.07, 6.45) is 0. The Kier molecular flexibility index (Phi) is 7.66. The van der Waals surface area contributed by atoms with Gasteiger partial charge in [0.2, 0.25) is 0 Å². The molecule has 0 bridgehead atoms. The molecule has 0 aromatic heterocycles. The van der Waals surface area contributed by atoms with Crippen molar-refractivity contribution in [1.29, 1.82) is 0 Å². The van der Waals surface area contributed by atoms with Gasteiger partial charge in [-0.2, -0.15) is 0 Å². The van der Waals surface area contributed by atoms with Crippen molar-refractivity contribution >= 4 is 17.3 Å². The average molecular weight is 341 g/mol. The molecule has 132 valence electrons. The van der Waals surface area contributed by atoms with E-state index in [1.165, 1.54) is 18.2 Å². The smallest absolute Gasteiger partial charge is 0.270 e. The van der Waals surface area contributed by atoms with Gasteiger partial charge >= 0.3 is 0 Å². The maximum Gasteiger partial charge on any atom is 0.270 e. The number of nitrogens with zero attached hydrogens (tertiary/aromatic N) is 1. The Morgan fingerprint density at radius 3 is 1.76 bits per heavy atom. The van der Waals surface area contributed by atoms with E-state index in [0.29, 0.717) is 5.56 Å². The normalized spacial score (nSPS) is 10.2. The van der Waals surface area contributed by atoms with Crippen LogP contribution in [0.5, 0.6) is 0 Å². The van der Waals surface area contributed by atoms with E-state index < -0.39 is 4.92 Å². The van der Waals surface area contributed by atoms with E-state index >= 15 is 0 Å². The van der Waals surface area contributed by atoms with Gasteiger partial charge in [-0.1, -0.05) is 70.2 Å². The molecule has 0 amide bonds. The lowest BCUT2D eigenvalue weighted by atomic mass is 10.0. The molecular weight excluding hydrogens is 318 g/mol. The van der Waals surface area contributed by atoms with Crippen molar-refractivity contribution in [2.24, 2.45) is 11.8 Å². The highest BCUT2D eigenvalue weighted by Crippen LogP contribution is 2.15. The number of ketones is 2. The van der Waals surface area contributed by atoms with Crippen LogP contribution in [0, 0.1) is 22.0 Å². The van der Waals surface area contributed by atoms with E-state index in [9.17, 15) is 19.7 Å². The number of hydrogen-bond acceptors (Lipinski definition) is 4. The fourth-order valence-corrected chi connectivity index (χ4v) is 2.04. The second-order valence-electron chi connectivity index (χ2n) is 6.21. The first kappa shape index (κ1) is 20.2. The molecule has 0 aliphatic heterocycles. The lowest BCUT2D eigenvalue weighted by Crippen LogP contribution is -2.07. The van der Waals surface area contributed by atoms with Gasteiger partial charge in [-0.3, -0.25) is 19.7 Å². The molecule has 0 fully saturated rings. The second-order valence-corrected chi connectivity index (χ2v) is 6.21. The number of carbonyl (C=O) groups excluding carboxylic acids is 2. The van der Waals surface area contributed by atoms with Crippen molar-refractivity contribution < 1.29 is 14.5 Å². The Morgan fingerprint density at radius 1 is 0.800 bits per heavy atom. The molecule has 2 aromatic rings. The minimum atomic E-state index is -0.503. The number of non-ortho nitro benzene ring substituents is 1. The summed E-state index contributed by atoms with van der Waals surface area (Å²) in [6.45, 7) is 7.35. The minimum Gasteiger partial charge on any atom is -0.294 e. The average Bonchev–Trinajstić information content (AvgIpc) is 2.61. The summed E-state index contributed by atoms with van der Waals surface area (Å²) in [4.78, 5) is 32.8. The summed E-state index contributed by atoms with van der Waals surface area (Å²) >= 11 is 0. The molecular formula is C20H23NO4. The van der Waals surface area contributed by atoms with Gasteiger partial charge < -0.3 is 0 Å². The van der Waals surface area contributed by atoms with Crippen molar-refractivity contribution in [3.8, 4) is 0 Å². The highest BCUT2D eigenvalue weighted by molar-refractivity contribution is 5.98. The SMILES string of the molecule is CC(C)C(=O)c1cccc([N+](=O)[O-])c1.CC(C)C(=O)c1ccccc1. The van der Waals surface area contributed by atoms with Gasteiger partial charge in [-0.25, -0.2) is 0 Å². The fraction of sp³-hybridized carbons (Fsp3) is 0.300. The predicted octanol–water partition coefficient (Wildman–Crippen LogP) is 4.96. The molecule has 0 saturated carbocycles. The Hall–Kier alpha value is -2.82.